The molecule has 51 heavy (non-hydrogen) atoms. The summed E-state index contributed by atoms with van der Waals surface area (Å²) in [6, 6.07) is 2.10. The smallest absolute Gasteiger partial charge is 0.311 e. The highest BCUT2D eigenvalue weighted by molar-refractivity contribution is 7.09. The highest BCUT2D eigenvalue weighted by Crippen LogP contribution is 2.34. The minimum Gasteiger partial charge on any atom is -0.481 e. The first-order valence-corrected chi connectivity index (χ1v) is 18.7. The summed E-state index contributed by atoms with van der Waals surface area (Å²) in [4.78, 5) is 73.4. The van der Waals surface area contributed by atoms with Gasteiger partial charge in [0.25, 0.3) is 5.91 Å². The first kappa shape index (κ1) is 39.9. The molecule has 1 aromatic heterocycles. The summed E-state index contributed by atoms with van der Waals surface area (Å²) in [5.41, 5.74) is 1.15. The van der Waals surface area contributed by atoms with Crippen molar-refractivity contribution in [3.8, 4) is 0 Å². The molecule has 7 atom stereocenters. The summed E-state index contributed by atoms with van der Waals surface area (Å²) in [5.74, 6) is -4.21. The lowest BCUT2D eigenvalue weighted by Crippen LogP contribution is -2.58. The van der Waals surface area contributed by atoms with Gasteiger partial charge in [0, 0.05) is 37.9 Å². The lowest BCUT2D eigenvalue weighted by molar-refractivity contribution is -0.149. The number of halogens is 1. The number of likely N-dealkylation sites (tertiary alicyclic amines) is 1. The number of aromatic nitrogens is 1. The fourth-order valence-corrected chi connectivity index (χ4v) is 8.04. The van der Waals surface area contributed by atoms with E-state index >= 15 is 0 Å². The van der Waals surface area contributed by atoms with Crippen LogP contribution in [-0.4, -0.2) is 94.4 Å². The van der Waals surface area contributed by atoms with Crippen LogP contribution in [0.5, 0.6) is 0 Å². The lowest BCUT2D eigenvalue weighted by Gasteiger charge is -2.38. The summed E-state index contributed by atoms with van der Waals surface area (Å²) in [5, 5.41) is 17.7. The van der Waals surface area contributed by atoms with Crippen LogP contribution >= 0.6 is 11.3 Å². The number of benzene rings is 1. The number of hydrogen-bond acceptors (Lipinski definition) is 9. The van der Waals surface area contributed by atoms with Gasteiger partial charge in [0.1, 0.15) is 22.6 Å². The van der Waals surface area contributed by atoms with Crippen LogP contribution in [0.3, 0.4) is 0 Å². The third-order valence-electron chi connectivity index (χ3n) is 10.4. The number of nitrogens with zero attached hydrogens (tertiary/aromatic N) is 3. The van der Waals surface area contributed by atoms with Crippen molar-refractivity contribution < 1.29 is 38.2 Å². The van der Waals surface area contributed by atoms with E-state index < -0.39 is 53.8 Å². The number of ether oxygens (including phenoxy) is 1. The summed E-state index contributed by atoms with van der Waals surface area (Å²) in [6.45, 7) is 9.98. The molecule has 1 saturated heterocycles. The van der Waals surface area contributed by atoms with Gasteiger partial charge in [0.15, 0.2) is 6.10 Å². The molecule has 280 valence electrons. The zero-order chi connectivity index (χ0) is 37.6. The molecule has 0 bridgehead atoms. The second kappa shape index (κ2) is 17.5. The monoisotopic (exact) mass is 729 g/mol. The van der Waals surface area contributed by atoms with E-state index in [0.29, 0.717) is 29.0 Å². The Labute approximate surface area is 303 Å². The molecule has 2 heterocycles. The van der Waals surface area contributed by atoms with Crippen molar-refractivity contribution in [1.82, 2.24) is 25.4 Å². The van der Waals surface area contributed by atoms with Crippen molar-refractivity contribution in [2.75, 3.05) is 20.6 Å². The molecule has 12 nitrogen and oxygen atoms in total. The second-order valence-corrected chi connectivity index (χ2v) is 15.3. The summed E-state index contributed by atoms with van der Waals surface area (Å²) >= 11 is 1.15. The third-order valence-corrected chi connectivity index (χ3v) is 11.3. The molecule has 1 aliphatic heterocycles. The standard InChI is InChI=1S/C37H52FN5O7S/c1-8-21(4)32(41-34(46)29-11-9-10-14-42(29)6)36(47)43(7)30(20(2)3)18-31(50-22(5)44)35-40-28(19-51-35)33(45)39-25-15-23-12-13-24(38)16-26(23)27(17-25)37(48)49/h12-13,16,19-21,25,27,29-32H,8-11,14-15,17-18H2,1-7H3,(H,39,45)(H,41,46)(H,48,49). The quantitative estimate of drug-likeness (QED) is 0.235. The van der Waals surface area contributed by atoms with Gasteiger partial charge >= 0.3 is 11.9 Å². The maximum Gasteiger partial charge on any atom is 0.311 e. The average molecular weight is 730 g/mol. The minimum atomic E-state index is -1.10. The number of piperidine rings is 1. The largest absolute Gasteiger partial charge is 0.481 e. The van der Waals surface area contributed by atoms with Crippen molar-refractivity contribution in [2.45, 2.75) is 116 Å². The minimum absolute atomic E-state index is 0.0673. The van der Waals surface area contributed by atoms with E-state index in [-0.39, 0.29) is 48.2 Å². The zero-order valence-corrected chi connectivity index (χ0v) is 31.4. The average Bonchev–Trinajstić information content (AvgIpc) is 3.58. The van der Waals surface area contributed by atoms with Gasteiger partial charge in [0.05, 0.1) is 12.0 Å². The van der Waals surface area contributed by atoms with Crippen LogP contribution in [-0.2, 0) is 30.3 Å². The maximum absolute atomic E-state index is 14.1. The van der Waals surface area contributed by atoms with Crippen LogP contribution in [0, 0.1) is 17.7 Å². The Balaban J connectivity index is 1.50. The molecule has 0 spiro atoms. The van der Waals surface area contributed by atoms with Crippen molar-refractivity contribution in [3.05, 3.63) is 51.2 Å². The molecule has 0 saturated carbocycles. The Morgan fingerprint density at radius 2 is 1.90 bits per heavy atom. The zero-order valence-electron chi connectivity index (χ0n) is 30.6. The van der Waals surface area contributed by atoms with Gasteiger partial charge < -0.3 is 25.4 Å². The van der Waals surface area contributed by atoms with Gasteiger partial charge in [-0.05, 0) is 74.4 Å². The molecule has 2 aromatic rings. The summed E-state index contributed by atoms with van der Waals surface area (Å²) in [7, 11) is 3.63. The van der Waals surface area contributed by atoms with Crippen LogP contribution < -0.4 is 10.6 Å². The molecule has 3 amide bonds. The fraction of sp³-hybridized carbons (Fsp3) is 0.622. The van der Waals surface area contributed by atoms with E-state index in [4.69, 9.17) is 4.74 Å². The molecule has 1 aliphatic carbocycles. The number of likely N-dealkylation sites (N-methyl/N-ethyl adjacent to an activating group) is 2. The molecule has 3 N–H and O–H groups in total. The maximum atomic E-state index is 14.1. The SMILES string of the molecule is CCC(C)C(NC(=O)C1CCCCN1C)C(=O)N(C)C(CC(OC(C)=O)c1nc(C(=O)NC2Cc3ccc(F)cc3C(C(=O)O)C2)cs1)C(C)C. The first-order chi connectivity index (χ1) is 24.1. The number of carboxylic acid groups (broad SMARTS) is 1. The summed E-state index contributed by atoms with van der Waals surface area (Å²) in [6.07, 6.45) is 3.19. The van der Waals surface area contributed by atoms with Gasteiger partial charge in [-0.1, -0.05) is 46.6 Å². The predicted octanol–water partition coefficient (Wildman–Crippen LogP) is 4.69. The van der Waals surface area contributed by atoms with Crippen LogP contribution in [0.1, 0.15) is 112 Å². The molecule has 2 aliphatic rings. The molecular formula is C37H52FN5O7S. The van der Waals surface area contributed by atoms with Crippen molar-refractivity contribution in [2.24, 2.45) is 11.8 Å². The molecule has 1 aromatic carbocycles. The van der Waals surface area contributed by atoms with E-state index in [1.165, 1.54) is 19.1 Å². The topological polar surface area (TPSA) is 158 Å². The van der Waals surface area contributed by atoms with E-state index in [2.05, 4.69) is 15.6 Å². The first-order valence-electron chi connectivity index (χ1n) is 17.8. The number of amides is 3. The number of nitrogens with one attached hydrogen (secondary N) is 2. The number of rotatable bonds is 14. The van der Waals surface area contributed by atoms with E-state index in [0.717, 1.165) is 37.1 Å². The van der Waals surface area contributed by atoms with Gasteiger partial charge in [-0.25, -0.2) is 9.37 Å². The van der Waals surface area contributed by atoms with Gasteiger partial charge in [-0.3, -0.25) is 28.9 Å². The normalized spacial score (nSPS) is 21.5. The number of fused-ring (bicyclic) bond motifs is 1. The third kappa shape index (κ3) is 9.91. The van der Waals surface area contributed by atoms with Crippen LogP contribution in [0.25, 0.3) is 0 Å². The Kier molecular flexibility index (Phi) is 13.7. The van der Waals surface area contributed by atoms with E-state index in [1.54, 1.807) is 23.4 Å². The van der Waals surface area contributed by atoms with Crippen LogP contribution in [0.15, 0.2) is 23.6 Å². The second-order valence-electron chi connectivity index (χ2n) is 14.4. The number of carbonyl (C=O) groups is 5. The molecule has 14 heteroatoms. The number of aliphatic carboxylic acids is 1. The highest BCUT2D eigenvalue weighted by atomic mass is 32.1. The van der Waals surface area contributed by atoms with E-state index in [9.17, 15) is 33.5 Å². The lowest BCUT2D eigenvalue weighted by atomic mass is 9.80. The van der Waals surface area contributed by atoms with Crippen molar-refractivity contribution >= 4 is 41.0 Å². The number of thiazole rings is 1. The van der Waals surface area contributed by atoms with Gasteiger partial charge in [-0.15, -0.1) is 11.3 Å². The van der Waals surface area contributed by atoms with Crippen molar-refractivity contribution in [3.63, 3.8) is 0 Å². The Morgan fingerprint density at radius 1 is 1.18 bits per heavy atom. The number of hydrogen-bond donors (Lipinski definition) is 3. The molecular weight excluding hydrogens is 678 g/mol. The fourth-order valence-electron chi connectivity index (χ4n) is 7.20. The van der Waals surface area contributed by atoms with Crippen molar-refractivity contribution in [1.29, 1.82) is 0 Å². The highest BCUT2D eigenvalue weighted by Gasteiger charge is 2.38. The van der Waals surface area contributed by atoms with Crippen LogP contribution in [0.2, 0.25) is 0 Å². The number of esters is 1. The Bertz CT molecular complexity index is 1580. The van der Waals surface area contributed by atoms with Crippen LogP contribution in [0.4, 0.5) is 4.39 Å². The Hall–Kier alpha value is -3.91. The van der Waals surface area contributed by atoms with E-state index in [1.807, 2.05) is 39.6 Å². The van der Waals surface area contributed by atoms with Gasteiger partial charge in [0.2, 0.25) is 11.8 Å². The summed E-state index contributed by atoms with van der Waals surface area (Å²) < 4.78 is 19.6. The molecule has 4 rings (SSSR count). The number of carboxylic acids is 1. The number of carbonyl (C=O) groups excluding carboxylic acids is 4. The molecule has 1 fully saturated rings. The van der Waals surface area contributed by atoms with Gasteiger partial charge in [-0.2, -0.15) is 0 Å². The molecule has 7 unspecified atom stereocenters. The predicted molar refractivity (Wildman–Crippen MR) is 191 cm³/mol. The molecule has 0 radical (unpaired) electrons. The Morgan fingerprint density at radius 3 is 2.53 bits per heavy atom.